The van der Waals surface area contributed by atoms with E-state index in [9.17, 15) is 4.79 Å². The van der Waals surface area contributed by atoms with Gasteiger partial charge in [-0.2, -0.15) is 5.10 Å². The minimum Gasteiger partial charge on any atom is -0.378 e. The van der Waals surface area contributed by atoms with Crippen molar-refractivity contribution in [2.24, 2.45) is 0 Å². The van der Waals surface area contributed by atoms with Crippen molar-refractivity contribution < 1.29 is 9.53 Å². The van der Waals surface area contributed by atoms with Crippen LogP contribution in [0.2, 0.25) is 0 Å². The topological polar surface area (TPSA) is 47.4 Å². The van der Waals surface area contributed by atoms with Crippen molar-refractivity contribution in [3.8, 4) is 16.9 Å². The molecule has 0 bridgehead atoms. The maximum Gasteiger partial charge on any atom is 0.257 e. The minimum absolute atomic E-state index is 0.00809. The Balaban J connectivity index is 1.81. The Bertz CT molecular complexity index is 912. The zero-order valence-electron chi connectivity index (χ0n) is 14.8. The number of para-hydroxylation sites is 1. The molecule has 1 aliphatic heterocycles. The van der Waals surface area contributed by atoms with Crippen LogP contribution in [0.5, 0.6) is 0 Å². The number of nitrogens with zero attached hydrogens (tertiary/aromatic N) is 3. The number of hydrogen-bond donors (Lipinski definition) is 0. The van der Waals surface area contributed by atoms with Crippen molar-refractivity contribution in [2.75, 3.05) is 26.3 Å². The van der Waals surface area contributed by atoms with Gasteiger partial charge in [0.15, 0.2) is 0 Å². The van der Waals surface area contributed by atoms with Gasteiger partial charge in [-0.1, -0.05) is 42.5 Å². The molecule has 0 saturated carbocycles. The van der Waals surface area contributed by atoms with Crippen LogP contribution < -0.4 is 0 Å². The maximum atomic E-state index is 13.2. The SMILES string of the molecule is Cc1ccccc1-c1nn(-c2ccccc2)cc1C(=O)N1CCOCC1. The Morgan fingerprint density at radius 2 is 1.69 bits per heavy atom. The molecule has 1 aliphatic rings. The Morgan fingerprint density at radius 1 is 1.00 bits per heavy atom. The highest BCUT2D eigenvalue weighted by Gasteiger charge is 2.25. The second-order valence-corrected chi connectivity index (χ2v) is 6.39. The van der Waals surface area contributed by atoms with E-state index >= 15 is 0 Å². The summed E-state index contributed by atoms with van der Waals surface area (Å²) in [7, 11) is 0. The number of rotatable bonds is 3. The van der Waals surface area contributed by atoms with Crippen LogP contribution in [0.1, 0.15) is 15.9 Å². The van der Waals surface area contributed by atoms with E-state index in [4.69, 9.17) is 9.84 Å². The highest BCUT2D eigenvalue weighted by Crippen LogP contribution is 2.27. The largest absolute Gasteiger partial charge is 0.378 e. The molecular weight excluding hydrogens is 326 g/mol. The van der Waals surface area contributed by atoms with Crippen LogP contribution in [0.3, 0.4) is 0 Å². The number of carbonyl (C=O) groups is 1. The normalized spacial score (nSPS) is 14.4. The molecule has 5 heteroatoms. The van der Waals surface area contributed by atoms with E-state index in [1.807, 2.05) is 72.6 Å². The third kappa shape index (κ3) is 3.13. The second kappa shape index (κ2) is 7.14. The lowest BCUT2D eigenvalue weighted by molar-refractivity contribution is 0.0303. The molecule has 0 unspecified atom stereocenters. The van der Waals surface area contributed by atoms with E-state index in [2.05, 4.69) is 0 Å². The predicted molar refractivity (Wildman–Crippen MR) is 100 cm³/mol. The van der Waals surface area contributed by atoms with Crippen LogP contribution in [0.15, 0.2) is 60.8 Å². The van der Waals surface area contributed by atoms with E-state index in [0.717, 1.165) is 22.5 Å². The molecule has 1 amide bonds. The van der Waals surface area contributed by atoms with Crippen molar-refractivity contribution in [3.05, 3.63) is 71.9 Å². The number of amides is 1. The molecular formula is C21H21N3O2. The molecule has 0 atom stereocenters. The fraction of sp³-hybridized carbons (Fsp3) is 0.238. The van der Waals surface area contributed by atoms with Gasteiger partial charge in [0, 0.05) is 24.8 Å². The van der Waals surface area contributed by atoms with E-state index < -0.39 is 0 Å². The van der Waals surface area contributed by atoms with E-state index in [1.165, 1.54) is 0 Å². The molecule has 1 saturated heterocycles. The Kier molecular flexibility index (Phi) is 4.54. The van der Waals surface area contributed by atoms with Crippen LogP contribution >= 0.6 is 0 Å². The van der Waals surface area contributed by atoms with Crippen LogP contribution in [-0.2, 0) is 4.74 Å². The molecule has 4 rings (SSSR count). The highest BCUT2D eigenvalue weighted by atomic mass is 16.5. The second-order valence-electron chi connectivity index (χ2n) is 6.39. The Labute approximate surface area is 152 Å². The number of aromatic nitrogens is 2. The molecule has 0 spiro atoms. The fourth-order valence-corrected chi connectivity index (χ4v) is 3.22. The van der Waals surface area contributed by atoms with Gasteiger partial charge < -0.3 is 9.64 Å². The van der Waals surface area contributed by atoms with Crippen molar-refractivity contribution in [2.45, 2.75) is 6.92 Å². The third-order valence-corrected chi connectivity index (χ3v) is 4.66. The molecule has 2 heterocycles. The number of benzene rings is 2. The summed E-state index contributed by atoms with van der Waals surface area (Å²) >= 11 is 0. The average Bonchev–Trinajstić information content (AvgIpc) is 3.14. The molecule has 26 heavy (non-hydrogen) atoms. The Hall–Kier alpha value is -2.92. The van der Waals surface area contributed by atoms with Gasteiger partial charge in [-0.15, -0.1) is 0 Å². The zero-order chi connectivity index (χ0) is 17.9. The molecule has 0 radical (unpaired) electrons. The van der Waals surface area contributed by atoms with E-state index in [0.29, 0.717) is 31.9 Å². The summed E-state index contributed by atoms with van der Waals surface area (Å²) in [5, 5.41) is 4.77. The first-order valence-corrected chi connectivity index (χ1v) is 8.82. The van der Waals surface area contributed by atoms with Crippen LogP contribution in [0, 0.1) is 6.92 Å². The van der Waals surface area contributed by atoms with E-state index in [-0.39, 0.29) is 5.91 Å². The molecule has 5 nitrogen and oxygen atoms in total. The monoisotopic (exact) mass is 347 g/mol. The lowest BCUT2D eigenvalue weighted by Gasteiger charge is -2.26. The number of morpholine rings is 1. The van der Waals surface area contributed by atoms with Gasteiger partial charge in [-0.3, -0.25) is 4.79 Å². The van der Waals surface area contributed by atoms with Crippen LogP contribution in [0.25, 0.3) is 16.9 Å². The summed E-state index contributed by atoms with van der Waals surface area (Å²) in [6, 6.07) is 17.9. The fourth-order valence-electron chi connectivity index (χ4n) is 3.22. The highest BCUT2D eigenvalue weighted by molar-refractivity contribution is 6.00. The van der Waals surface area contributed by atoms with Crippen molar-refractivity contribution in [3.63, 3.8) is 0 Å². The quantitative estimate of drug-likeness (QED) is 0.730. The smallest absolute Gasteiger partial charge is 0.257 e. The summed E-state index contributed by atoms with van der Waals surface area (Å²) in [6.45, 7) is 4.43. The van der Waals surface area contributed by atoms with Gasteiger partial charge in [0.05, 0.1) is 24.5 Å². The lowest BCUT2D eigenvalue weighted by Crippen LogP contribution is -2.40. The average molecular weight is 347 g/mol. The van der Waals surface area contributed by atoms with Gasteiger partial charge in [0.25, 0.3) is 5.91 Å². The van der Waals surface area contributed by atoms with E-state index in [1.54, 1.807) is 4.68 Å². The summed E-state index contributed by atoms with van der Waals surface area (Å²) in [5.74, 6) is 0.00809. The summed E-state index contributed by atoms with van der Waals surface area (Å²) in [6.07, 6.45) is 1.84. The van der Waals surface area contributed by atoms with Crippen LogP contribution in [0.4, 0.5) is 0 Å². The number of aryl methyl sites for hydroxylation is 1. The lowest BCUT2D eigenvalue weighted by atomic mass is 10.0. The molecule has 0 N–H and O–H groups in total. The predicted octanol–water partition coefficient (Wildman–Crippen LogP) is 3.32. The van der Waals surface area contributed by atoms with Gasteiger partial charge in [-0.25, -0.2) is 4.68 Å². The van der Waals surface area contributed by atoms with Gasteiger partial charge >= 0.3 is 0 Å². The first kappa shape index (κ1) is 16.5. The van der Waals surface area contributed by atoms with Gasteiger partial charge in [0.1, 0.15) is 5.69 Å². The van der Waals surface area contributed by atoms with Crippen LogP contribution in [-0.4, -0.2) is 46.9 Å². The molecule has 2 aromatic carbocycles. The molecule has 1 aromatic heterocycles. The Morgan fingerprint density at radius 3 is 2.42 bits per heavy atom. The zero-order valence-corrected chi connectivity index (χ0v) is 14.8. The molecule has 132 valence electrons. The first-order valence-electron chi connectivity index (χ1n) is 8.82. The summed E-state index contributed by atoms with van der Waals surface area (Å²) < 4.78 is 7.17. The minimum atomic E-state index is 0.00809. The van der Waals surface area contributed by atoms with Gasteiger partial charge in [0.2, 0.25) is 0 Å². The third-order valence-electron chi connectivity index (χ3n) is 4.66. The number of carbonyl (C=O) groups excluding carboxylic acids is 1. The first-order chi connectivity index (χ1) is 12.7. The maximum absolute atomic E-state index is 13.2. The molecule has 3 aromatic rings. The molecule has 0 aliphatic carbocycles. The summed E-state index contributed by atoms with van der Waals surface area (Å²) in [4.78, 5) is 15.0. The molecule has 1 fully saturated rings. The number of hydrogen-bond acceptors (Lipinski definition) is 3. The standard InChI is InChI=1S/C21H21N3O2/c1-16-7-5-6-10-18(16)20-19(21(25)23-11-13-26-14-12-23)15-24(22-20)17-8-3-2-4-9-17/h2-10,15H,11-14H2,1H3. The van der Waals surface area contributed by atoms with Crippen molar-refractivity contribution >= 4 is 5.91 Å². The van der Waals surface area contributed by atoms with Gasteiger partial charge in [-0.05, 0) is 24.6 Å². The summed E-state index contributed by atoms with van der Waals surface area (Å²) in [5.41, 5.74) is 4.37. The van der Waals surface area contributed by atoms with Crippen molar-refractivity contribution in [1.29, 1.82) is 0 Å². The number of ether oxygens (including phenoxy) is 1. The van der Waals surface area contributed by atoms with Crippen molar-refractivity contribution in [1.82, 2.24) is 14.7 Å².